The van der Waals surface area contributed by atoms with Crippen LogP contribution in [-0.2, 0) is 19.7 Å². The van der Waals surface area contributed by atoms with Crippen molar-refractivity contribution in [1.29, 1.82) is 0 Å². The normalized spacial score (nSPS) is 12.3. The summed E-state index contributed by atoms with van der Waals surface area (Å²) in [5.41, 5.74) is 0. The second-order valence-corrected chi connectivity index (χ2v) is 12.4. The monoisotopic (exact) mass is 380 g/mol. The maximum Gasteiger partial charge on any atom is 0.190 e. The number of thiophene rings is 2. The third kappa shape index (κ3) is 4.65. The Bertz CT molecular complexity index is 685. The molecule has 0 aliphatic rings. The zero-order chi connectivity index (χ0) is 17.0. The Kier molecular flexibility index (Phi) is 6.79. The van der Waals surface area contributed by atoms with E-state index in [-0.39, 0.29) is 10.5 Å². The van der Waals surface area contributed by atoms with Crippen LogP contribution >= 0.6 is 22.7 Å². The minimum absolute atomic E-state index is 0.318. The van der Waals surface area contributed by atoms with Crippen LogP contribution in [0.5, 0.6) is 0 Å². The van der Waals surface area contributed by atoms with Gasteiger partial charge in [-0.1, -0.05) is 12.1 Å². The summed E-state index contributed by atoms with van der Waals surface area (Å²) >= 11 is 2.54. The van der Waals surface area contributed by atoms with Crippen molar-refractivity contribution < 1.29 is 16.8 Å². The molecule has 0 aromatic carbocycles. The van der Waals surface area contributed by atoms with E-state index in [9.17, 15) is 16.8 Å². The summed E-state index contributed by atoms with van der Waals surface area (Å²) < 4.78 is 46.5. The molecular weight excluding hydrogens is 360 g/mol. The molecule has 124 valence electrons. The van der Waals surface area contributed by atoms with E-state index in [1.165, 1.54) is 22.7 Å². The van der Waals surface area contributed by atoms with Crippen LogP contribution in [0.1, 0.15) is 27.7 Å². The van der Waals surface area contributed by atoms with Crippen molar-refractivity contribution in [3.8, 4) is 0 Å². The molecule has 4 nitrogen and oxygen atoms in total. The molecular formula is C14H20O4S4. The van der Waals surface area contributed by atoms with Crippen molar-refractivity contribution in [1.82, 2.24) is 0 Å². The summed E-state index contributed by atoms with van der Waals surface area (Å²) in [6.07, 6.45) is 0. The van der Waals surface area contributed by atoms with Crippen molar-refractivity contribution in [2.75, 3.05) is 0 Å². The third-order valence-corrected chi connectivity index (χ3v) is 9.96. The molecule has 0 aliphatic heterocycles. The van der Waals surface area contributed by atoms with Gasteiger partial charge >= 0.3 is 0 Å². The maximum absolute atomic E-state index is 11.4. The van der Waals surface area contributed by atoms with Crippen molar-refractivity contribution in [3.63, 3.8) is 0 Å². The topological polar surface area (TPSA) is 68.3 Å². The molecule has 0 aliphatic carbocycles. The van der Waals surface area contributed by atoms with Gasteiger partial charge in [0.05, 0.1) is 10.5 Å². The lowest BCUT2D eigenvalue weighted by Crippen LogP contribution is -2.12. The van der Waals surface area contributed by atoms with Crippen LogP contribution < -0.4 is 0 Å². The quantitative estimate of drug-likeness (QED) is 0.808. The van der Waals surface area contributed by atoms with Gasteiger partial charge in [0.2, 0.25) is 0 Å². The van der Waals surface area contributed by atoms with Gasteiger partial charge in [-0.15, -0.1) is 22.7 Å². The fraction of sp³-hybridized carbons (Fsp3) is 0.429. The van der Waals surface area contributed by atoms with Crippen molar-refractivity contribution in [2.24, 2.45) is 0 Å². The van der Waals surface area contributed by atoms with Crippen LogP contribution in [0.4, 0.5) is 0 Å². The highest BCUT2D eigenvalue weighted by atomic mass is 32.2. The predicted molar refractivity (Wildman–Crippen MR) is 93.3 cm³/mol. The molecule has 0 radical (unpaired) electrons. The average molecular weight is 381 g/mol. The fourth-order valence-electron chi connectivity index (χ4n) is 1.32. The number of sulfone groups is 2. The second kappa shape index (κ2) is 7.72. The lowest BCUT2D eigenvalue weighted by molar-refractivity contribution is 0.588. The second-order valence-electron chi connectivity index (χ2n) is 5.05. The molecule has 2 aromatic heterocycles. The molecule has 8 heteroatoms. The van der Waals surface area contributed by atoms with Crippen LogP contribution in [0.3, 0.4) is 0 Å². The van der Waals surface area contributed by atoms with Gasteiger partial charge in [0.1, 0.15) is 8.42 Å². The van der Waals surface area contributed by atoms with Crippen LogP contribution in [-0.4, -0.2) is 27.3 Å². The van der Waals surface area contributed by atoms with Crippen LogP contribution in [0.2, 0.25) is 0 Å². The Balaban J connectivity index is 0.000000220. The molecule has 0 N–H and O–H groups in total. The molecule has 0 fully saturated rings. The van der Waals surface area contributed by atoms with Crippen molar-refractivity contribution >= 4 is 42.3 Å². The van der Waals surface area contributed by atoms with E-state index >= 15 is 0 Å². The van der Waals surface area contributed by atoms with Crippen LogP contribution in [0.25, 0.3) is 0 Å². The molecule has 2 aromatic rings. The predicted octanol–water partition coefficient (Wildman–Crippen LogP) is 3.86. The molecule has 0 amide bonds. The molecule has 0 saturated carbocycles. The van der Waals surface area contributed by atoms with E-state index in [1.807, 2.05) is 0 Å². The Morgan fingerprint density at radius 2 is 1.05 bits per heavy atom. The lowest BCUT2D eigenvalue weighted by atomic mass is 10.6. The zero-order valence-corrected chi connectivity index (χ0v) is 16.2. The fourth-order valence-corrected chi connectivity index (χ4v) is 6.24. The molecule has 2 rings (SSSR count). The molecule has 0 saturated heterocycles. The third-order valence-electron chi connectivity index (χ3n) is 2.79. The van der Waals surface area contributed by atoms with Crippen LogP contribution in [0, 0.1) is 0 Å². The van der Waals surface area contributed by atoms with Gasteiger partial charge in [-0.2, -0.15) is 0 Å². The summed E-state index contributed by atoms with van der Waals surface area (Å²) in [4.78, 5) is 0. The average Bonchev–Trinajstić information content (AvgIpc) is 3.13. The highest BCUT2D eigenvalue weighted by Gasteiger charge is 2.20. The summed E-state index contributed by atoms with van der Waals surface area (Å²) in [6, 6.07) is 6.78. The van der Waals surface area contributed by atoms with Crippen LogP contribution in [0.15, 0.2) is 43.4 Å². The van der Waals surface area contributed by atoms with E-state index in [4.69, 9.17) is 0 Å². The number of rotatable bonds is 4. The molecule has 0 unspecified atom stereocenters. The zero-order valence-electron chi connectivity index (χ0n) is 12.9. The molecule has 0 atom stereocenters. The van der Waals surface area contributed by atoms with E-state index < -0.39 is 19.7 Å². The van der Waals surface area contributed by atoms with Gasteiger partial charge < -0.3 is 0 Å². The van der Waals surface area contributed by atoms with Gasteiger partial charge in [0.15, 0.2) is 19.7 Å². The molecule has 0 spiro atoms. The number of hydrogen-bond acceptors (Lipinski definition) is 6. The van der Waals surface area contributed by atoms with Crippen molar-refractivity contribution in [3.05, 3.63) is 35.0 Å². The first-order chi connectivity index (χ1) is 10.1. The van der Waals surface area contributed by atoms with Gasteiger partial charge in [0.25, 0.3) is 0 Å². The first-order valence-corrected chi connectivity index (χ1v) is 11.5. The minimum atomic E-state index is -3.02. The van der Waals surface area contributed by atoms with Crippen molar-refractivity contribution in [2.45, 2.75) is 46.6 Å². The van der Waals surface area contributed by atoms with E-state index in [1.54, 1.807) is 62.7 Å². The highest BCUT2D eigenvalue weighted by Crippen LogP contribution is 2.21. The van der Waals surface area contributed by atoms with E-state index in [0.29, 0.717) is 8.42 Å². The van der Waals surface area contributed by atoms with Gasteiger partial charge in [-0.25, -0.2) is 16.8 Å². The Hall–Kier alpha value is -0.700. The molecule has 2 heterocycles. The standard InChI is InChI=1S/2C7H10O2S2/c2*1-6(2)11(8,9)7-4-3-5-10-7/h2*3-6H,1-2H3. The summed E-state index contributed by atoms with van der Waals surface area (Å²) in [7, 11) is -6.03. The SMILES string of the molecule is CC(C)S(=O)(=O)c1cccs1.CC(C)S(=O)(=O)c1cccs1. The highest BCUT2D eigenvalue weighted by molar-refractivity contribution is 7.94. The van der Waals surface area contributed by atoms with Gasteiger partial charge in [0, 0.05) is 0 Å². The lowest BCUT2D eigenvalue weighted by Gasteiger charge is -2.03. The minimum Gasteiger partial charge on any atom is -0.223 e. The maximum atomic E-state index is 11.4. The summed E-state index contributed by atoms with van der Waals surface area (Å²) in [6.45, 7) is 6.76. The van der Waals surface area contributed by atoms with Gasteiger partial charge in [-0.3, -0.25) is 0 Å². The van der Waals surface area contributed by atoms with E-state index in [2.05, 4.69) is 0 Å². The summed E-state index contributed by atoms with van der Waals surface area (Å²) in [5.74, 6) is 0. The largest absolute Gasteiger partial charge is 0.223 e. The number of hydrogen-bond donors (Lipinski definition) is 0. The smallest absolute Gasteiger partial charge is 0.190 e. The Morgan fingerprint density at radius 1 is 0.727 bits per heavy atom. The first kappa shape index (κ1) is 19.3. The van der Waals surface area contributed by atoms with Gasteiger partial charge in [-0.05, 0) is 50.6 Å². The summed E-state index contributed by atoms with van der Waals surface area (Å²) in [5, 5.41) is 2.91. The first-order valence-electron chi connectivity index (χ1n) is 6.65. The molecule has 22 heavy (non-hydrogen) atoms. The Morgan fingerprint density at radius 3 is 1.23 bits per heavy atom. The molecule has 0 bridgehead atoms. The Labute approximate surface area is 140 Å². The van der Waals surface area contributed by atoms with E-state index in [0.717, 1.165) is 0 Å².